The molecule has 0 aliphatic carbocycles. The number of hydrogen-bond acceptors (Lipinski definition) is 4. The van der Waals surface area contributed by atoms with Crippen molar-refractivity contribution in [3.05, 3.63) is 54.0 Å². The van der Waals surface area contributed by atoms with Crippen LogP contribution in [0.5, 0.6) is 0 Å². The van der Waals surface area contributed by atoms with Gasteiger partial charge in [0.05, 0.1) is 12.2 Å². The Morgan fingerprint density at radius 3 is 2.59 bits per heavy atom. The van der Waals surface area contributed by atoms with Gasteiger partial charge in [0, 0.05) is 31.2 Å². The summed E-state index contributed by atoms with van der Waals surface area (Å²) in [4.78, 5) is 38.5. The van der Waals surface area contributed by atoms with Crippen LogP contribution in [0.2, 0.25) is 0 Å². The van der Waals surface area contributed by atoms with Gasteiger partial charge in [-0.25, -0.2) is 0 Å². The quantitative estimate of drug-likeness (QED) is 0.784. The summed E-state index contributed by atoms with van der Waals surface area (Å²) in [6.45, 7) is 5.38. The third kappa shape index (κ3) is 5.47. The number of benzene rings is 1. The van der Waals surface area contributed by atoms with E-state index in [9.17, 15) is 14.4 Å². The standard InChI is InChI=1S/C22H27N3O4/c1-15(2)22(28)25-11-3-5-17(14-25)20(26)23-13-16-7-9-18(10-8-16)24-21(27)19-6-4-12-29-19/h4,6-10,12,15,17H,3,5,11,13-14H2,1-2H3,(H,23,26)(H,24,27)/t17-/m0/s1. The van der Waals surface area contributed by atoms with E-state index in [1.54, 1.807) is 29.2 Å². The minimum absolute atomic E-state index is 0.0264. The maximum atomic E-state index is 12.5. The Balaban J connectivity index is 1.48. The molecule has 2 aromatic rings. The van der Waals surface area contributed by atoms with Gasteiger partial charge in [0.1, 0.15) is 0 Å². The lowest BCUT2D eigenvalue weighted by molar-refractivity contribution is -0.138. The molecule has 1 saturated heterocycles. The minimum atomic E-state index is -0.311. The molecule has 2 heterocycles. The van der Waals surface area contributed by atoms with Crippen LogP contribution >= 0.6 is 0 Å². The first-order valence-corrected chi connectivity index (χ1v) is 9.94. The first-order valence-electron chi connectivity index (χ1n) is 9.94. The fourth-order valence-corrected chi connectivity index (χ4v) is 3.40. The lowest BCUT2D eigenvalue weighted by Crippen LogP contribution is -2.46. The molecular formula is C22H27N3O4. The van der Waals surface area contributed by atoms with Crippen molar-refractivity contribution in [3.63, 3.8) is 0 Å². The van der Waals surface area contributed by atoms with Gasteiger partial charge in [0.2, 0.25) is 11.8 Å². The lowest BCUT2D eigenvalue weighted by Gasteiger charge is -2.33. The Hall–Kier alpha value is -3.09. The van der Waals surface area contributed by atoms with Crippen molar-refractivity contribution in [2.75, 3.05) is 18.4 Å². The smallest absolute Gasteiger partial charge is 0.291 e. The largest absolute Gasteiger partial charge is 0.459 e. The summed E-state index contributed by atoms with van der Waals surface area (Å²) in [6, 6.07) is 10.5. The molecule has 7 heteroatoms. The van der Waals surface area contributed by atoms with Crippen LogP contribution in [-0.2, 0) is 16.1 Å². The van der Waals surface area contributed by atoms with Crippen molar-refractivity contribution in [2.45, 2.75) is 33.2 Å². The molecule has 1 aliphatic heterocycles. The van der Waals surface area contributed by atoms with E-state index in [-0.39, 0.29) is 35.3 Å². The van der Waals surface area contributed by atoms with Gasteiger partial charge in [-0.2, -0.15) is 0 Å². The first-order chi connectivity index (χ1) is 13.9. The summed E-state index contributed by atoms with van der Waals surface area (Å²) in [5.41, 5.74) is 1.58. The number of nitrogens with zero attached hydrogens (tertiary/aromatic N) is 1. The zero-order chi connectivity index (χ0) is 20.8. The van der Waals surface area contributed by atoms with Crippen molar-refractivity contribution in [2.24, 2.45) is 11.8 Å². The fourth-order valence-electron chi connectivity index (χ4n) is 3.40. The molecule has 0 saturated carbocycles. The van der Waals surface area contributed by atoms with Gasteiger partial charge in [-0.1, -0.05) is 26.0 Å². The highest BCUT2D eigenvalue weighted by molar-refractivity contribution is 6.02. The van der Waals surface area contributed by atoms with E-state index in [0.717, 1.165) is 24.9 Å². The number of carbonyl (C=O) groups excluding carboxylic acids is 3. The zero-order valence-corrected chi connectivity index (χ0v) is 16.8. The van der Waals surface area contributed by atoms with E-state index >= 15 is 0 Å². The highest BCUT2D eigenvalue weighted by atomic mass is 16.3. The number of anilines is 1. The zero-order valence-electron chi connectivity index (χ0n) is 16.8. The van der Waals surface area contributed by atoms with Crippen LogP contribution in [0.4, 0.5) is 5.69 Å². The molecule has 0 unspecified atom stereocenters. The average Bonchev–Trinajstić information content (AvgIpc) is 3.27. The summed E-state index contributed by atoms with van der Waals surface area (Å²) >= 11 is 0. The van der Waals surface area contributed by atoms with Crippen LogP contribution in [0.1, 0.15) is 42.8 Å². The van der Waals surface area contributed by atoms with Gasteiger partial charge in [0.25, 0.3) is 5.91 Å². The third-order valence-corrected chi connectivity index (χ3v) is 5.02. The van der Waals surface area contributed by atoms with E-state index in [2.05, 4.69) is 10.6 Å². The molecule has 1 aliphatic rings. The molecule has 0 bridgehead atoms. The second-order valence-electron chi connectivity index (χ2n) is 7.62. The maximum absolute atomic E-state index is 12.5. The van der Waals surface area contributed by atoms with Crippen molar-refractivity contribution >= 4 is 23.4 Å². The highest BCUT2D eigenvalue weighted by Crippen LogP contribution is 2.19. The molecule has 1 atom stereocenters. The molecule has 7 nitrogen and oxygen atoms in total. The predicted molar refractivity (Wildman–Crippen MR) is 109 cm³/mol. The van der Waals surface area contributed by atoms with Gasteiger partial charge in [-0.15, -0.1) is 0 Å². The molecule has 2 N–H and O–H groups in total. The Morgan fingerprint density at radius 1 is 1.17 bits per heavy atom. The number of furan rings is 1. The van der Waals surface area contributed by atoms with Gasteiger partial charge < -0.3 is 20.0 Å². The molecule has 154 valence electrons. The van der Waals surface area contributed by atoms with Gasteiger partial charge in [-0.3, -0.25) is 14.4 Å². The first kappa shape index (κ1) is 20.6. The third-order valence-electron chi connectivity index (χ3n) is 5.02. The highest BCUT2D eigenvalue weighted by Gasteiger charge is 2.29. The lowest BCUT2D eigenvalue weighted by atomic mass is 9.96. The second-order valence-corrected chi connectivity index (χ2v) is 7.62. The van der Waals surface area contributed by atoms with E-state index in [0.29, 0.717) is 18.8 Å². The summed E-state index contributed by atoms with van der Waals surface area (Å²) in [6.07, 6.45) is 3.09. The topological polar surface area (TPSA) is 91.7 Å². The molecule has 29 heavy (non-hydrogen) atoms. The number of likely N-dealkylation sites (tertiary alicyclic amines) is 1. The number of rotatable bonds is 6. The Labute approximate surface area is 170 Å². The molecule has 1 fully saturated rings. The van der Waals surface area contributed by atoms with Crippen LogP contribution in [0.25, 0.3) is 0 Å². The van der Waals surface area contributed by atoms with E-state index < -0.39 is 0 Å². The van der Waals surface area contributed by atoms with Crippen LogP contribution < -0.4 is 10.6 Å². The molecule has 3 rings (SSSR count). The van der Waals surface area contributed by atoms with Crippen molar-refractivity contribution in [1.82, 2.24) is 10.2 Å². The van der Waals surface area contributed by atoms with Crippen LogP contribution in [0.15, 0.2) is 47.1 Å². The van der Waals surface area contributed by atoms with Crippen molar-refractivity contribution in [3.8, 4) is 0 Å². The second kappa shape index (κ2) is 9.41. The predicted octanol–water partition coefficient (Wildman–Crippen LogP) is 3.04. The average molecular weight is 397 g/mol. The number of amides is 3. The summed E-state index contributed by atoms with van der Waals surface area (Å²) < 4.78 is 5.06. The summed E-state index contributed by atoms with van der Waals surface area (Å²) in [5.74, 6) is -0.203. The number of piperidine rings is 1. The number of nitrogens with one attached hydrogen (secondary N) is 2. The number of carbonyl (C=O) groups is 3. The Morgan fingerprint density at radius 2 is 1.93 bits per heavy atom. The fraction of sp³-hybridized carbons (Fsp3) is 0.409. The molecule has 0 spiro atoms. The van der Waals surface area contributed by atoms with Crippen molar-refractivity contribution < 1.29 is 18.8 Å². The Kier molecular flexibility index (Phi) is 6.69. The van der Waals surface area contributed by atoms with Crippen LogP contribution in [-0.4, -0.2) is 35.7 Å². The van der Waals surface area contributed by atoms with Crippen LogP contribution in [0, 0.1) is 11.8 Å². The molecular weight excluding hydrogens is 370 g/mol. The summed E-state index contributed by atoms with van der Waals surface area (Å²) in [7, 11) is 0. The van der Waals surface area contributed by atoms with Crippen molar-refractivity contribution in [1.29, 1.82) is 0 Å². The van der Waals surface area contributed by atoms with Crippen LogP contribution in [0.3, 0.4) is 0 Å². The Bertz CT molecular complexity index is 843. The molecule has 3 amide bonds. The monoisotopic (exact) mass is 397 g/mol. The van der Waals surface area contributed by atoms with Gasteiger partial charge in [0.15, 0.2) is 5.76 Å². The van der Waals surface area contributed by atoms with E-state index in [4.69, 9.17) is 4.42 Å². The molecule has 1 aromatic heterocycles. The van der Waals surface area contributed by atoms with E-state index in [1.165, 1.54) is 6.26 Å². The number of hydrogen-bond donors (Lipinski definition) is 2. The van der Waals surface area contributed by atoms with E-state index in [1.807, 2.05) is 26.0 Å². The molecule has 1 aromatic carbocycles. The molecule has 0 radical (unpaired) electrons. The SMILES string of the molecule is CC(C)C(=O)N1CCC[C@H](C(=O)NCc2ccc(NC(=O)c3ccco3)cc2)C1. The maximum Gasteiger partial charge on any atom is 0.291 e. The normalized spacial score (nSPS) is 16.5. The summed E-state index contributed by atoms with van der Waals surface area (Å²) in [5, 5.41) is 5.72. The minimum Gasteiger partial charge on any atom is -0.459 e. The van der Waals surface area contributed by atoms with Gasteiger partial charge >= 0.3 is 0 Å². The van der Waals surface area contributed by atoms with Gasteiger partial charge in [-0.05, 0) is 42.7 Å².